The number of halogens is 1. The second-order valence-electron chi connectivity index (χ2n) is 5.61. The number of hydrogen-bond donors (Lipinski definition) is 1. The maximum Gasteiger partial charge on any atom is 0.261 e. The highest BCUT2D eigenvalue weighted by atomic mass is 35.5. The van der Waals surface area contributed by atoms with Crippen LogP contribution in [0.5, 0.6) is 0 Å². The minimum atomic E-state index is -3.61. The van der Waals surface area contributed by atoms with Gasteiger partial charge in [-0.1, -0.05) is 35.9 Å². The predicted molar refractivity (Wildman–Crippen MR) is 94.8 cm³/mol. The number of benzene rings is 2. The Bertz CT molecular complexity index is 791. The third kappa shape index (κ3) is 4.27. The van der Waals surface area contributed by atoms with E-state index in [4.69, 9.17) is 16.3 Å². The fourth-order valence-corrected chi connectivity index (χ4v) is 3.86. The molecule has 0 saturated carbocycles. The molecule has 0 bridgehead atoms. The van der Waals surface area contributed by atoms with Gasteiger partial charge in [0.1, 0.15) is 0 Å². The van der Waals surface area contributed by atoms with Crippen LogP contribution in [0.15, 0.2) is 53.4 Å². The normalized spacial score (nSPS) is 16.0. The smallest absolute Gasteiger partial charge is 0.261 e. The summed E-state index contributed by atoms with van der Waals surface area (Å²) < 4.78 is 32.6. The monoisotopic (exact) mass is 366 g/mol. The van der Waals surface area contributed by atoms with E-state index in [1.807, 2.05) is 6.07 Å². The van der Waals surface area contributed by atoms with Crippen molar-refractivity contribution in [2.45, 2.75) is 11.4 Å². The van der Waals surface area contributed by atoms with Crippen molar-refractivity contribution in [3.05, 3.63) is 59.1 Å². The number of nitrogens with zero attached hydrogens (tertiary/aromatic N) is 1. The summed E-state index contributed by atoms with van der Waals surface area (Å²) in [6.45, 7) is 3.94. The van der Waals surface area contributed by atoms with Crippen molar-refractivity contribution < 1.29 is 13.2 Å². The van der Waals surface area contributed by atoms with E-state index in [2.05, 4.69) is 9.62 Å². The molecule has 128 valence electrons. The molecule has 1 heterocycles. The molecule has 2 aromatic rings. The fourth-order valence-electron chi connectivity index (χ4n) is 2.55. The minimum Gasteiger partial charge on any atom is -0.379 e. The SMILES string of the molecule is O=S(=O)(Nc1ccc(CN2CCOCC2)c(Cl)c1)c1ccccc1. The maximum absolute atomic E-state index is 12.3. The van der Waals surface area contributed by atoms with E-state index in [9.17, 15) is 8.42 Å². The quantitative estimate of drug-likeness (QED) is 0.883. The Balaban J connectivity index is 1.72. The maximum atomic E-state index is 12.3. The van der Waals surface area contributed by atoms with Gasteiger partial charge in [0.25, 0.3) is 10.0 Å². The van der Waals surface area contributed by atoms with Crippen molar-refractivity contribution in [2.24, 2.45) is 0 Å². The average Bonchev–Trinajstić information content (AvgIpc) is 2.59. The van der Waals surface area contributed by atoms with Crippen LogP contribution in [-0.2, 0) is 21.3 Å². The van der Waals surface area contributed by atoms with Gasteiger partial charge in [-0.25, -0.2) is 8.42 Å². The molecule has 0 aromatic heterocycles. The van der Waals surface area contributed by atoms with Crippen molar-refractivity contribution >= 4 is 27.3 Å². The first-order valence-corrected chi connectivity index (χ1v) is 9.57. The van der Waals surface area contributed by atoms with E-state index >= 15 is 0 Å². The van der Waals surface area contributed by atoms with Gasteiger partial charge in [-0.15, -0.1) is 0 Å². The molecule has 0 aliphatic carbocycles. The highest BCUT2D eigenvalue weighted by Gasteiger charge is 2.16. The molecule has 1 aliphatic heterocycles. The zero-order valence-electron chi connectivity index (χ0n) is 13.1. The minimum absolute atomic E-state index is 0.221. The van der Waals surface area contributed by atoms with E-state index in [-0.39, 0.29) is 4.90 Å². The zero-order chi connectivity index (χ0) is 17.0. The predicted octanol–water partition coefficient (Wildman–Crippen LogP) is 2.97. The van der Waals surface area contributed by atoms with Crippen LogP contribution >= 0.6 is 11.6 Å². The second kappa shape index (κ2) is 7.53. The summed E-state index contributed by atoms with van der Waals surface area (Å²) in [4.78, 5) is 2.48. The second-order valence-corrected chi connectivity index (χ2v) is 7.70. The van der Waals surface area contributed by atoms with E-state index in [0.717, 1.165) is 38.4 Å². The van der Waals surface area contributed by atoms with Gasteiger partial charge >= 0.3 is 0 Å². The van der Waals surface area contributed by atoms with Gasteiger partial charge in [0, 0.05) is 24.7 Å². The molecule has 3 rings (SSSR count). The third-order valence-electron chi connectivity index (χ3n) is 3.86. The molecular weight excluding hydrogens is 348 g/mol. The Morgan fingerprint density at radius 3 is 2.46 bits per heavy atom. The lowest BCUT2D eigenvalue weighted by Gasteiger charge is -2.27. The molecule has 1 aliphatic rings. The molecule has 0 amide bonds. The van der Waals surface area contributed by atoms with Crippen molar-refractivity contribution in [2.75, 3.05) is 31.0 Å². The van der Waals surface area contributed by atoms with Gasteiger partial charge in [0.05, 0.1) is 23.8 Å². The Hall–Kier alpha value is -1.60. The summed E-state index contributed by atoms with van der Waals surface area (Å²) in [5.41, 5.74) is 1.43. The van der Waals surface area contributed by atoms with Gasteiger partial charge < -0.3 is 4.74 Å². The highest BCUT2D eigenvalue weighted by molar-refractivity contribution is 7.92. The lowest BCUT2D eigenvalue weighted by molar-refractivity contribution is 0.0342. The van der Waals surface area contributed by atoms with Crippen molar-refractivity contribution in [1.82, 2.24) is 4.90 Å². The molecular formula is C17H19ClN2O3S. The Morgan fingerprint density at radius 1 is 1.08 bits per heavy atom. The lowest BCUT2D eigenvalue weighted by atomic mass is 10.2. The van der Waals surface area contributed by atoms with Crippen molar-refractivity contribution in [1.29, 1.82) is 0 Å². The zero-order valence-corrected chi connectivity index (χ0v) is 14.7. The summed E-state index contributed by atoms with van der Waals surface area (Å²) in [6.07, 6.45) is 0. The first-order chi connectivity index (χ1) is 11.5. The van der Waals surface area contributed by atoms with Crippen LogP contribution < -0.4 is 4.72 Å². The Morgan fingerprint density at radius 2 is 1.79 bits per heavy atom. The van der Waals surface area contributed by atoms with E-state index in [0.29, 0.717) is 10.7 Å². The molecule has 0 atom stereocenters. The average molecular weight is 367 g/mol. The van der Waals surface area contributed by atoms with E-state index < -0.39 is 10.0 Å². The molecule has 5 nitrogen and oxygen atoms in total. The highest BCUT2D eigenvalue weighted by Crippen LogP contribution is 2.24. The lowest BCUT2D eigenvalue weighted by Crippen LogP contribution is -2.35. The van der Waals surface area contributed by atoms with Gasteiger partial charge in [-0.2, -0.15) is 0 Å². The van der Waals surface area contributed by atoms with E-state index in [1.54, 1.807) is 42.5 Å². The number of morpholine rings is 1. The van der Waals surface area contributed by atoms with Crippen LogP contribution in [0.25, 0.3) is 0 Å². The summed E-state index contributed by atoms with van der Waals surface area (Å²) >= 11 is 6.33. The first kappa shape index (κ1) is 17.2. The van der Waals surface area contributed by atoms with Gasteiger partial charge in [-0.3, -0.25) is 9.62 Å². The van der Waals surface area contributed by atoms with Crippen molar-refractivity contribution in [3.63, 3.8) is 0 Å². The molecule has 7 heteroatoms. The number of anilines is 1. The number of sulfonamides is 1. The molecule has 1 fully saturated rings. The fraction of sp³-hybridized carbons (Fsp3) is 0.294. The summed E-state index contributed by atoms with van der Waals surface area (Å²) in [6, 6.07) is 13.5. The molecule has 0 radical (unpaired) electrons. The number of hydrogen-bond acceptors (Lipinski definition) is 4. The van der Waals surface area contributed by atoms with Crippen LogP contribution in [0, 0.1) is 0 Å². The van der Waals surface area contributed by atoms with Crippen LogP contribution in [0.2, 0.25) is 5.02 Å². The van der Waals surface area contributed by atoms with Gasteiger partial charge in [-0.05, 0) is 29.8 Å². The van der Waals surface area contributed by atoms with Crippen LogP contribution in [0.1, 0.15) is 5.56 Å². The molecule has 1 N–H and O–H groups in total. The molecule has 0 unspecified atom stereocenters. The van der Waals surface area contributed by atoms with Crippen LogP contribution in [0.4, 0.5) is 5.69 Å². The number of ether oxygens (including phenoxy) is 1. The van der Waals surface area contributed by atoms with E-state index in [1.165, 1.54) is 0 Å². The Labute approximate surface area is 147 Å². The summed E-state index contributed by atoms with van der Waals surface area (Å²) in [5.74, 6) is 0. The molecule has 1 saturated heterocycles. The first-order valence-electron chi connectivity index (χ1n) is 7.71. The van der Waals surface area contributed by atoms with Crippen LogP contribution in [-0.4, -0.2) is 39.6 Å². The Kier molecular flexibility index (Phi) is 5.40. The van der Waals surface area contributed by atoms with Crippen molar-refractivity contribution in [3.8, 4) is 0 Å². The topological polar surface area (TPSA) is 58.6 Å². The standard InChI is InChI=1S/C17H19ClN2O3S/c18-17-12-15(19-24(21,22)16-4-2-1-3-5-16)7-6-14(17)13-20-8-10-23-11-9-20/h1-7,12,19H,8-11,13H2. The third-order valence-corrected chi connectivity index (χ3v) is 5.61. The number of rotatable bonds is 5. The molecule has 24 heavy (non-hydrogen) atoms. The van der Waals surface area contributed by atoms with Gasteiger partial charge in [0.15, 0.2) is 0 Å². The van der Waals surface area contributed by atoms with Crippen LogP contribution in [0.3, 0.4) is 0 Å². The molecule has 0 spiro atoms. The number of nitrogens with one attached hydrogen (secondary N) is 1. The largest absolute Gasteiger partial charge is 0.379 e. The summed E-state index contributed by atoms with van der Waals surface area (Å²) in [5, 5.41) is 0.551. The molecule has 2 aromatic carbocycles. The summed E-state index contributed by atoms with van der Waals surface area (Å²) in [7, 11) is -3.61. The van der Waals surface area contributed by atoms with Gasteiger partial charge in [0.2, 0.25) is 0 Å².